The van der Waals surface area contributed by atoms with E-state index in [-0.39, 0.29) is 23.6 Å². The summed E-state index contributed by atoms with van der Waals surface area (Å²) in [4.78, 5) is 33.2. The van der Waals surface area contributed by atoms with Gasteiger partial charge in [0, 0.05) is 11.5 Å². The van der Waals surface area contributed by atoms with E-state index in [0.717, 1.165) is 28.5 Å². The van der Waals surface area contributed by atoms with Crippen molar-refractivity contribution in [3.05, 3.63) is 42.0 Å². The lowest BCUT2D eigenvalue weighted by Gasteiger charge is -2.27. The maximum absolute atomic E-state index is 12.0. The summed E-state index contributed by atoms with van der Waals surface area (Å²) in [6.07, 6.45) is 0.625. The van der Waals surface area contributed by atoms with Crippen LogP contribution in [0.25, 0.3) is 5.57 Å². The molecule has 0 spiro atoms. The number of rotatable bonds is 8. The molecule has 1 aromatic rings. The maximum atomic E-state index is 12.0. The number of amides is 1. The van der Waals surface area contributed by atoms with Crippen LogP contribution >= 0.6 is 24.4 Å². The number of thioether (sulfide) groups is 1. The first-order valence-corrected chi connectivity index (χ1v) is 10.6. The highest BCUT2D eigenvalue weighted by Gasteiger charge is 2.23. The average molecular weight is 442 g/mol. The maximum Gasteiger partial charge on any atom is 0.306 e. The van der Waals surface area contributed by atoms with Gasteiger partial charge in [-0.3, -0.25) is 14.4 Å². The molecule has 162 valence electrons. The van der Waals surface area contributed by atoms with Gasteiger partial charge in [-0.2, -0.15) is 12.6 Å². The van der Waals surface area contributed by atoms with Crippen LogP contribution in [0, 0.1) is 0 Å². The van der Waals surface area contributed by atoms with Crippen molar-refractivity contribution in [1.82, 2.24) is 5.32 Å². The summed E-state index contributed by atoms with van der Waals surface area (Å²) in [7, 11) is 2.70. The fourth-order valence-electron chi connectivity index (χ4n) is 2.06. The zero-order chi connectivity index (χ0) is 22.4. The normalized spacial score (nSPS) is 10.3. The first-order chi connectivity index (χ1) is 13.6. The van der Waals surface area contributed by atoms with Crippen LogP contribution in [0.4, 0.5) is 4.79 Å². The summed E-state index contributed by atoms with van der Waals surface area (Å²) < 4.78 is 8.85. The van der Waals surface area contributed by atoms with Crippen LogP contribution in [0.15, 0.2) is 30.8 Å². The highest BCUT2D eigenvalue weighted by atomic mass is 32.2. The number of hydrogen-bond donors (Lipinski definition) is 2. The van der Waals surface area contributed by atoms with E-state index in [4.69, 9.17) is 0 Å². The van der Waals surface area contributed by atoms with Crippen LogP contribution in [0.1, 0.15) is 44.7 Å². The second-order valence-electron chi connectivity index (χ2n) is 6.62. The summed E-state index contributed by atoms with van der Waals surface area (Å²) in [6, 6.07) is 7.96. The number of methoxy groups -OCH3 is 2. The quantitative estimate of drug-likeness (QED) is 0.458. The van der Waals surface area contributed by atoms with Gasteiger partial charge in [-0.05, 0) is 38.0 Å². The molecule has 0 unspecified atom stereocenters. The van der Waals surface area contributed by atoms with Crippen LogP contribution in [-0.4, -0.2) is 42.9 Å². The number of allylic oxidation sites excluding steroid dienone is 1. The fraction of sp³-hybridized carbons (Fsp3) is 0.476. The molecule has 0 saturated carbocycles. The van der Waals surface area contributed by atoms with Crippen LogP contribution in [0.3, 0.4) is 0 Å². The summed E-state index contributed by atoms with van der Waals surface area (Å²) in [5.74, 6) is 0.455. The third-order valence-electron chi connectivity index (χ3n) is 3.80. The van der Waals surface area contributed by atoms with Gasteiger partial charge in [-0.1, -0.05) is 42.1 Å². The number of thiol groups is 1. The van der Waals surface area contributed by atoms with Gasteiger partial charge in [0.15, 0.2) is 0 Å². The van der Waals surface area contributed by atoms with Gasteiger partial charge in [0.05, 0.1) is 32.6 Å². The minimum absolute atomic E-state index is 0.158. The minimum Gasteiger partial charge on any atom is -0.469 e. The van der Waals surface area contributed by atoms with E-state index in [2.05, 4.69) is 34.0 Å². The Morgan fingerprint density at radius 3 is 2.21 bits per heavy atom. The number of esters is 2. The van der Waals surface area contributed by atoms with E-state index < -0.39 is 5.54 Å². The van der Waals surface area contributed by atoms with E-state index >= 15 is 0 Å². The lowest BCUT2D eigenvalue weighted by molar-refractivity contribution is -0.140. The van der Waals surface area contributed by atoms with Crippen molar-refractivity contribution in [3.8, 4) is 0 Å². The SMILES string of the molecule is C=C(C)c1cccc(C(C)(C)NC(=O)SCCC(=O)OC)c1.COC(=O)CCS. The molecule has 0 aliphatic heterocycles. The predicted molar refractivity (Wildman–Crippen MR) is 122 cm³/mol. The molecule has 0 heterocycles. The smallest absolute Gasteiger partial charge is 0.306 e. The third kappa shape index (κ3) is 11.6. The largest absolute Gasteiger partial charge is 0.469 e. The topological polar surface area (TPSA) is 81.7 Å². The lowest BCUT2D eigenvalue weighted by Crippen LogP contribution is -2.39. The van der Waals surface area contributed by atoms with Crippen molar-refractivity contribution >= 4 is 47.1 Å². The van der Waals surface area contributed by atoms with Gasteiger partial charge in [0.2, 0.25) is 0 Å². The van der Waals surface area contributed by atoms with Crippen molar-refractivity contribution in [3.63, 3.8) is 0 Å². The number of carbonyl (C=O) groups excluding carboxylic acids is 3. The van der Waals surface area contributed by atoms with Gasteiger partial charge >= 0.3 is 11.9 Å². The molecular formula is C21H31NO5S2. The van der Waals surface area contributed by atoms with Crippen molar-refractivity contribution in [1.29, 1.82) is 0 Å². The van der Waals surface area contributed by atoms with Crippen LogP contribution in [0.5, 0.6) is 0 Å². The molecule has 0 saturated heterocycles. The predicted octanol–water partition coefficient (Wildman–Crippen LogP) is 4.44. The van der Waals surface area contributed by atoms with E-state index in [9.17, 15) is 14.4 Å². The molecule has 29 heavy (non-hydrogen) atoms. The highest BCUT2D eigenvalue weighted by Crippen LogP contribution is 2.24. The molecule has 0 radical (unpaired) electrons. The number of hydrogen-bond acceptors (Lipinski definition) is 7. The fourth-order valence-corrected chi connectivity index (χ4v) is 3.02. The molecule has 0 fully saturated rings. The van der Waals surface area contributed by atoms with Gasteiger partial charge in [0.1, 0.15) is 0 Å². The Balaban J connectivity index is 0.000000956. The van der Waals surface area contributed by atoms with Crippen LogP contribution < -0.4 is 5.32 Å². The van der Waals surface area contributed by atoms with Crippen molar-refractivity contribution in [2.45, 2.75) is 39.2 Å². The Morgan fingerprint density at radius 1 is 1.14 bits per heavy atom. The number of benzene rings is 1. The van der Waals surface area contributed by atoms with E-state index in [1.165, 1.54) is 14.2 Å². The van der Waals surface area contributed by atoms with Gasteiger partial charge in [0.25, 0.3) is 5.24 Å². The monoisotopic (exact) mass is 441 g/mol. The molecule has 0 aromatic heterocycles. The zero-order valence-corrected chi connectivity index (χ0v) is 19.5. The first-order valence-electron chi connectivity index (χ1n) is 9.03. The Hall–Kier alpha value is -1.93. The Morgan fingerprint density at radius 2 is 1.72 bits per heavy atom. The summed E-state index contributed by atoms with van der Waals surface area (Å²) in [6.45, 7) is 9.79. The molecule has 0 bridgehead atoms. The summed E-state index contributed by atoms with van der Waals surface area (Å²) in [5.41, 5.74) is 2.55. The van der Waals surface area contributed by atoms with Gasteiger partial charge < -0.3 is 14.8 Å². The van der Waals surface area contributed by atoms with E-state index in [1.54, 1.807) is 0 Å². The molecule has 6 nitrogen and oxygen atoms in total. The molecule has 8 heteroatoms. The third-order valence-corrected chi connectivity index (χ3v) is 4.80. The first kappa shape index (κ1) is 27.1. The van der Waals surface area contributed by atoms with Crippen molar-refractivity contribution in [2.75, 3.05) is 25.7 Å². The summed E-state index contributed by atoms with van der Waals surface area (Å²) in [5, 5.41) is 2.81. The van der Waals surface area contributed by atoms with Crippen LogP contribution in [0.2, 0.25) is 0 Å². The molecule has 1 amide bonds. The Bertz CT molecular complexity index is 704. The van der Waals surface area contributed by atoms with E-state index in [1.807, 2.05) is 45.0 Å². The number of carbonyl (C=O) groups is 3. The zero-order valence-electron chi connectivity index (χ0n) is 17.7. The molecule has 0 aliphatic carbocycles. The second kappa shape index (κ2) is 14.1. The summed E-state index contributed by atoms with van der Waals surface area (Å²) >= 11 is 4.90. The van der Waals surface area contributed by atoms with Crippen molar-refractivity contribution < 1.29 is 23.9 Å². The average Bonchev–Trinajstić information content (AvgIpc) is 2.68. The standard InChI is InChI=1S/C17H23NO3S.C4H8O2S/c1-12(2)13-7-6-8-14(11-13)17(3,4)18-16(20)22-10-9-15(19)21-5;1-6-4(5)2-3-7/h6-8,11H,1,9-10H2,2-5H3,(H,18,20);7H,2-3H2,1H3. The molecule has 0 atom stereocenters. The van der Waals surface area contributed by atoms with E-state index in [0.29, 0.717) is 17.9 Å². The molecule has 1 aromatic carbocycles. The van der Waals surface area contributed by atoms with Crippen molar-refractivity contribution in [2.24, 2.45) is 0 Å². The highest BCUT2D eigenvalue weighted by molar-refractivity contribution is 8.13. The van der Waals surface area contributed by atoms with Gasteiger partial charge in [-0.15, -0.1) is 0 Å². The number of ether oxygens (including phenoxy) is 2. The Kier molecular flexibility index (Phi) is 13.2. The minimum atomic E-state index is -0.499. The Labute approximate surface area is 183 Å². The van der Waals surface area contributed by atoms with Crippen LogP contribution in [-0.2, 0) is 24.6 Å². The number of nitrogens with one attached hydrogen (secondary N) is 1. The van der Waals surface area contributed by atoms with Gasteiger partial charge in [-0.25, -0.2) is 0 Å². The molecule has 0 aliphatic rings. The molecule has 1 rings (SSSR count). The lowest BCUT2D eigenvalue weighted by atomic mass is 9.92. The second-order valence-corrected chi connectivity index (χ2v) is 8.14. The molecule has 1 N–H and O–H groups in total. The molecular weight excluding hydrogens is 410 g/mol.